The predicted octanol–water partition coefficient (Wildman–Crippen LogP) is 3.02. The van der Waals surface area contributed by atoms with Gasteiger partial charge in [0.25, 0.3) is 0 Å². The van der Waals surface area contributed by atoms with E-state index < -0.39 is 0 Å². The number of carbonyl (C=O) groups is 1. The topological polar surface area (TPSA) is 41.1 Å². The molecule has 2 amide bonds. The first-order valence-corrected chi connectivity index (χ1v) is 7.08. The monoisotopic (exact) mass is 254 g/mol. The molecule has 4 heteroatoms. The Kier molecular flexibility index (Phi) is 6.05. The molecule has 0 saturated carbocycles. The lowest BCUT2D eigenvalue weighted by atomic mass is 10.0. The standard InChI is InChI=1S/C13H22N2OS/c1-4-12(10(2)3)15-13(16)14-8-7-11-6-5-9-17-11/h5-6,9-10,12H,4,7-8H2,1-3H3,(H2,14,15,16)/t12-/m1/s1. The molecule has 17 heavy (non-hydrogen) atoms. The fourth-order valence-electron chi connectivity index (χ4n) is 1.71. The van der Waals surface area contributed by atoms with Gasteiger partial charge in [0.2, 0.25) is 0 Å². The highest BCUT2D eigenvalue weighted by Crippen LogP contribution is 2.08. The maximum absolute atomic E-state index is 11.6. The second kappa shape index (κ2) is 7.33. The van der Waals surface area contributed by atoms with E-state index in [4.69, 9.17) is 0 Å². The van der Waals surface area contributed by atoms with Crippen molar-refractivity contribution in [3.8, 4) is 0 Å². The molecule has 1 atom stereocenters. The summed E-state index contributed by atoms with van der Waals surface area (Å²) in [6, 6.07) is 4.33. The SMILES string of the molecule is CC[C@@H](NC(=O)NCCc1cccs1)C(C)C. The van der Waals surface area contributed by atoms with Crippen molar-refractivity contribution in [1.82, 2.24) is 10.6 Å². The van der Waals surface area contributed by atoms with Crippen molar-refractivity contribution in [1.29, 1.82) is 0 Å². The van der Waals surface area contributed by atoms with E-state index in [1.54, 1.807) is 11.3 Å². The molecular weight excluding hydrogens is 232 g/mol. The van der Waals surface area contributed by atoms with Crippen LogP contribution in [0.3, 0.4) is 0 Å². The third kappa shape index (κ3) is 5.22. The lowest BCUT2D eigenvalue weighted by Crippen LogP contribution is -2.44. The number of urea groups is 1. The van der Waals surface area contributed by atoms with Crippen LogP contribution >= 0.6 is 11.3 Å². The van der Waals surface area contributed by atoms with Gasteiger partial charge in [-0.05, 0) is 30.2 Å². The fraction of sp³-hybridized carbons (Fsp3) is 0.615. The average molecular weight is 254 g/mol. The van der Waals surface area contributed by atoms with Crippen LogP contribution in [0, 0.1) is 5.92 Å². The average Bonchev–Trinajstić information content (AvgIpc) is 2.78. The Bertz CT molecular complexity index is 322. The van der Waals surface area contributed by atoms with Gasteiger partial charge >= 0.3 is 6.03 Å². The summed E-state index contributed by atoms with van der Waals surface area (Å²) in [6.07, 6.45) is 1.87. The number of rotatable bonds is 6. The number of thiophene rings is 1. The maximum Gasteiger partial charge on any atom is 0.315 e. The van der Waals surface area contributed by atoms with Crippen molar-refractivity contribution in [2.24, 2.45) is 5.92 Å². The molecule has 0 radical (unpaired) electrons. The molecule has 0 aliphatic heterocycles. The van der Waals surface area contributed by atoms with E-state index in [1.165, 1.54) is 4.88 Å². The molecule has 0 aliphatic rings. The molecule has 0 spiro atoms. The van der Waals surface area contributed by atoms with Crippen molar-refractivity contribution in [3.05, 3.63) is 22.4 Å². The van der Waals surface area contributed by atoms with Crippen LogP contribution in [0.4, 0.5) is 4.79 Å². The molecule has 2 N–H and O–H groups in total. The van der Waals surface area contributed by atoms with Crippen molar-refractivity contribution in [2.75, 3.05) is 6.54 Å². The summed E-state index contributed by atoms with van der Waals surface area (Å²) >= 11 is 1.73. The Morgan fingerprint density at radius 3 is 2.76 bits per heavy atom. The van der Waals surface area contributed by atoms with E-state index in [-0.39, 0.29) is 12.1 Å². The van der Waals surface area contributed by atoms with Crippen LogP contribution in [0.5, 0.6) is 0 Å². The molecule has 1 heterocycles. The van der Waals surface area contributed by atoms with Gasteiger partial charge in [-0.25, -0.2) is 4.79 Å². The zero-order valence-electron chi connectivity index (χ0n) is 10.8. The number of carbonyl (C=O) groups excluding carboxylic acids is 1. The van der Waals surface area contributed by atoms with Gasteiger partial charge in [0.1, 0.15) is 0 Å². The van der Waals surface area contributed by atoms with Crippen molar-refractivity contribution >= 4 is 17.4 Å². The van der Waals surface area contributed by atoms with E-state index in [0.717, 1.165) is 12.8 Å². The summed E-state index contributed by atoms with van der Waals surface area (Å²) in [5, 5.41) is 7.95. The molecule has 1 rings (SSSR count). The number of hydrogen-bond acceptors (Lipinski definition) is 2. The van der Waals surface area contributed by atoms with Crippen LogP contribution in [-0.4, -0.2) is 18.6 Å². The Balaban J connectivity index is 2.20. The van der Waals surface area contributed by atoms with Crippen LogP contribution in [0.1, 0.15) is 32.1 Å². The van der Waals surface area contributed by atoms with Gasteiger partial charge in [-0.1, -0.05) is 26.8 Å². The number of nitrogens with one attached hydrogen (secondary N) is 2. The minimum absolute atomic E-state index is 0.0536. The molecule has 3 nitrogen and oxygen atoms in total. The summed E-state index contributed by atoms with van der Waals surface area (Å²) in [5.74, 6) is 0.475. The van der Waals surface area contributed by atoms with Crippen molar-refractivity contribution < 1.29 is 4.79 Å². The van der Waals surface area contributed by atoms with E-state index in [2.05, 4.69) is 42.9 Å². The first-order valence-electron chi connectivity index (χ1n) is 6.20. The Hall–Kier alpha value is -1.03. The minimum Gasteiger partial charge on any atom is -0.338 e. The molecule has 0 fully saturated rings. The lowest BCUT2D eigenvalue weighted by molar-refractivity contribution is 0.232. The van der Waals surface area contributed by atoms with Gasteiger partial charge in [-0.2, -0.15) is 0 Å². The smallest absolute Gasteiger partial charge is 0.315 e. The number of hydrogen-bond donors (Lipinski definition) is 2. The van der Waals surface area contributed by atoms with Gasteiger partial charge < -0.3 is 10.6 Å². The van der Waals surface area contributed by atoms with E-state index in [9.17, 15) is 4.79 Å². The van der Waals surface area contributed by atoms with Crippen LogP contribution in [0.15, 0.2) is 17.5 Å². The van der Waals surface area contributed by atoms with Crippen LogP contribution < -0.4 is 10.6 Å². The molecule has 96 valence electrons. The second-order valence-electron chi connectivity index (χ2n) is 4.49. The summed E-state index contributed by atoms with van der Waals surface area (Å²) in [5.41, 5.74) is 0. The summed E-state index contributed by atoms with van der Waals surface area (Å²) in [6.45, 7) is 7.04. The largest absolute Gasteiger partial charge is 0.338 e. The second-order valence-corrected chi connectivity index (χ2v) is 5.52. The normalized spacial score (nSPS) is 12.5. The molecule has 0 bridgehead atoms. The summed E-state index contributed by atoms with van der Waals surface area (Å²) in [4.78, 5) is 12.9. The third-order valence-electron chi connectivity index (χ3n) is 2.80. The Morgan fingerprint density at radius 1 is 1.47 bits per heavy atom. The predicted molar refractivity (Wildman–Crippen MR) is 73.5 cm³/mol. The molecule has 0 aliphatic carbocycles. The number of amides is 2. The molecule has 1 aromatic rings. The first kappa shape index (κ1) is 14.0. The summed E-state index contributed by atoms with van der Waals surface area (Å²) < 4.78 is 0. The first-order chi connectivity index (χ1) is 8.13. The zero-order valence-corrected chi connectivity index (χ0v) is 11.6. The van der Waals surface area contributed by atoms with E-state index in [0.29, 0.717) is 12.5 Å². The lowest BCUT2D eigenvalue weighted by Gasteiger charge is -2.20. The van der Waals surface area contributed by atoms with Crippen LogP contribution in [0.25, 0.3) is 0 Å². The quantitative estimate of drug-likeness (QED) is 0.805. The Labute approximate surface area is 108 Å². The van der Waals surface area contributed by atoms with Gasteiger partial charge in [-0.3, -0.25) is 0 Å². The van der Waals surface area contributed by atoms with Crippen LogP contribution in [0.2, 0.25) is 0 Å². The summed E-state index contributed by atoms with van der Waals surface area (Å²) in [7, 11) is 0. The van der Waals surface area contributed by atoms with Crippen molar-refractivity contribution in [3.63, 3.8) is 0 Å². The molecule has 0 saturated heterocycles. The van der Waals surface area contributed by atoms with Gasteiger partial charge in [0.15, 0.2) is 0 Å². The van der Waals surface area contributed by atoms with Gasteiger partial charge in [-0.15, -0.1) is 11.3 Å². The third-order valence-corrected chi connectivity index (χ3v) is 3.73. The Morgan fingerprint density at radius 2 is 2.24 bits per heavy atom. The molecular formula is C13H22N2OS. The van der Waals surface area contributed by atoms with E-state index in [1.807, 2.05) is 6.07 Å². The molecule has 0 aromatic carbocycles. The molecule has 0 unspecified atom stereocenters. The minimum atomic E-state index is -0.0536. The van der Waals surface area contributed by atoms with Crippen LogP contribution in [-0.2, 0) is 6.42 Å². The highest BCUT2D eigenvalue weighted by molar-refractivity contribution is 7.09. The fourth-order valence-corrected chi connectivity index (χ4v) is 2.42. The maximum atomic E-state index is 11.6. The molecule has 1 aromatic heterocycles. The zero-order chi connectivity index (χ0) is 12.7. The van der Waals surface area contributed by atoms with Crippen molar-refractivity contribution in [2.45, 2.75) is 39.7 Å². The van der Waals surface area contributed by atoms with Gasteiger partial charge in [0.05, 0.1) is 0 Å². The van der Waals surface area contributed by atoms with Gasteiger partial charge in [0, 0.05) is 17.5 Å². The highest BCUT2D eigenvalue weighted by Gasteiger charge is 2.13. The highest BCUT2D eigenvalue weighted by atomic mass is 32.1. The van der Waals surface area contributed by atoms with E-state index >= 15 is 0 Å².